The molecule has 0 radical (unpaired) electrons. The molecule has 12 heteroatoms. The van der Waals surface area contributed by atoms with Gasteiger partial charge in [0, 0.05) is 6.07 Å². The van der Waals surface area contributed by atoms with Crippen LogP contribution in [0.4, 0.5) is 0 Å². The van der Waals surface area contributed by atoms with Gasteiger partial charge in [0.15, 0.2) is 6.29 Å². The first kappa shape index (κ1) is 30.2. The van der Waals surface area contributed by atoms with Gasteiger partial charge in [0.2, 0.25) is 6.29 Å². The highest BCUT2D eigenvalue weighted by atomic mass is 16.7. The molecule has 4 rings (SSSR count). The Morgan fingerprint density at radius 2 is 1.25 bits per heavy atom. The van der Waals surface area contributed by atoms with Crippen LogP contribution in [-0.4, -0.2) is 113 Å². The Labute approximate surface area is 231 Å². The summed E-state index contributed by atoms with van der Waals surface area (Å²) in [5.74, 6) is 1.47. The molecule has 2 heterocycles. The van der Waals surface area contributed by atoms with Gasteiger partial charge in [-0.1, -0.05) is 24.3 Å². The summed E-state index contributed by atoms with van der Waals surface area (Å²) in [5, 5.41) is 61.5. The Hall–Kier alpha value is -2.78. The summed E-state index contributed by atoms with van der Waals surface area (Å²) in [5.41, 5.74) is 1.65. The number of methoxy groups -OCH3 is 2. The molecular formula is C28H36O12. The topological polar surface area (TPSA) is 177 Å². The lowest BCUT2D eigenvalue weighted by molar-refractivity contribution is -0.318. The number of rotatable bonds is 9. The highest BCUT2D eigenvalue weighted by Crippen LogP contribution is 2.30. The molecule has 0 aromatic heterocycles. The van der Waals surface area contributed by atoms with E-state index in [1.165, 1.54) is 14.0 Å². The van der Waals surface area contributed by atoms with E-state index in [9.17, 15) is 30.6 Å². The average Bonchev–Trinajstić information content (AvgIpc) is 2.97. The lowest BCUT2D eigenvalue weighted by Gasteiger charge is -2.42. The van der Waals surface area contributed by atoms with Crippen molar-refractivity contribution < 1.29 is 59.1 Å². The number of hydrogen-bond donors (Lipinski definition) is 6. The number of aliphatic hydroxyl groups excluding tert-OH is 6. The van der Waals surface area contributed by atoms with Gasteiger partial charge in [0.25, 0.3) is 0 Å². The van der Waals surface area contributed by atoms with Crippen LogP contribution in [-0.2, 0) is 14.2 Å². The molecule has 10 atom stereocenters. The minimum Gasteiger partial charge on any atom is -0.497 e. The Kier molecular flexibility index (Phi) is 10.0. The molecule has 2 saturated heterocycles. The molecule has 2 fully saturated rings. The molecule has 0 spiro atoms. The van der Waals surface area contributed by atoms with Gasteiger partial charge in [-0.2, -0.15) is 0 Å². The van der Waals surface area contributed by atoms with Crippen LogP contribution in [0, 0.1) is 0 Å². The highest BCUT2D eigenvalue weighted by molar-refractivity contribution is 5.71. The fourth-order valence-corrected chi connectivity index (χ4v) is 4.41. The molecule has 220 valence electrons. The minimum atomic E-state index is -1.64. The predicted octanol–water partition coefficient (Wildman–Crippen LogP) is -0.0953. The third kappa shape index (κ3) is 6.92. The third-order valence-electron chi connectivity index (χ3n) is 6.88. The minimum absolute atomic E-state index is 0.262. The van der Waals surface area contributed by atoms with Gasteiger partial charge in [-0.05, 0) is 42.3 Å². The van der Waals surface area contributed by atoms with Crippen molar-refractivity contribution in [1.29, 1.82) is 0 Å². The van der Waals surface area contributed by atoms with E-state index in [1.54, 1.807) is 25.3 Å². The summed E-state index contributed by atoms with van der Waals surface area (Å²) in [4.78, 5) is 0. The fraction of sp³-hybridized carbons (Fsp3) is 0.500. The van der Waals surface area contributed by atoms with E-state index in [-0.39, 0.29) is 5.75 Å². The molecular weight excluding hydrogens is 528 g/mol. The van der Waals surface area contributed by atoms with E-state index in [2.05, 4.69) is 0 Å². The first-order chi connectivity index (χ1) is 19.1. The molecule has 2 aliphatic rings. The van der Waals surface area contributed by atoms with Gasteiger partial charge in [0.1, 0.15) is 60.0 Å². The monoisotopic (exact) mass is 564 g/mol. The van der Waals surface area contributed by atoms with Gasteiger partial charge in [0.05, 0.1) is 26.9 Å². The smallest absolute Gasteiger partial charge is 0.229 e. The van der Waals surface area contributed by atoms with Crippen LogP contribution in [0.1, 0.15) is 18.1 Å². The van der Waals surface area contributed by atoms with Crippen molar-refractivity contribution in [1.82, 2.24) is 0 Å². The van der Waals surface area contributed by atoms with Crippen molar-refractivity contribution in [2.24, 2.45) is 0 Å². The molecule has 0 bridgehead atoms. The van der Waals surface area contributed by atoms with Crippen LogP contribution in [0.15, 0.2) is 42.5 Å². The number of benzene rings is 2. The zero-order valence-electron chi connectivity index (χ0n) is 22.3. The van der Waals surface area contributed by atoms with Crippen LogP contribution in [0.3, 0.4) is 0 Å². The molecule has 12 nitrogen and oxygen atoms in total. The van der Waals surface area contributed by atoms with Gasteiger partial charge < -0.3 is 59.1 Å². The Balaban J connectivity index is 1.45. The number of aliphatic hydroxyl groups is 6. The third-order valence-corrected chi connectivity index (χ3v) is 6.88. The van der Waals surface area contributed by atoms with Crippen molar-refractivity contribution >= 4 is 12.2 Å². The molecule has 0 saturated carbocycles. The second-order valence-electron chi connectivity index (χ2n) is 9.70. The second kappa shape index (κ2) is 13.3. The normalized spacial score (nSPS) is 34.5. The summed E-state index contributed by atoms with van der Waals surface area (Å²) in [6.07, 6.45) is -10.2. The molecule has 40 heavy (non-hydrogen) atoms. The van der Waals surface area contributed by atoms with Crippen LogP contribution >= 0.6 is 0 Å². The lowest BCUT2D eigenvalue weighted by atomic mass is 9.98. The van der Waals surface area contributed by atoms with Gasteiger partial charge in [-0.15, -0.1) is 0 Å². The van der Waals surface area contributed by atoms with Crippen LogP contribution < -0.4 is 14.2 Å². The molecule has 2 aromatic carbocycles. The van der Waals surface area contributed by atoms with Crippen molar-refractivity contribution in [3.05, 3.63) is 53.6 Å². The standard InChI is InChI=1S/C28H36O12/c1-14-21(29)23(31)25(33)27(38-14)37-13-20-22(30)24(32)26(34)28(40-20)39-19-11-16(10-18(12-19)36-3)5-4-15-6-8-17(35-2)9-7-15/h4-12,14,20-34H,13H2,1-3H3/b5-4+/t14-,20+,21-,22-,23-,24+,25+,26+,27+,28-/m1/s1. The zero-order valence-corrected chi connectivity index (χ0v) is 22.3. The molecule has 6 N–H and O–H groups in total. The first-order valence-corrected chi connectivity index (χ1v) is 12.8. The maximum absolute atomic E-state index is 10.6. The Morgan fingerprint density at radius 1 is 0.650 bits per heavy atom. The molecule has 0 amide bonds. The maximum Gasteiger partial charge on any atom is 0.229 e. The second-order valence-corrected chi connectivity index (χ2v) is 9.70. The quantitative estimate of drug-likeness (QED) is 0.223. The van der Waals surface area contributed by atoms with Gasteiger partial charge >= 0.3 is 0 Å². The SMILES string of the molecule is COc1ccc(/C=C/c2cc(OC)cc(O[C@@H]3O[C@@H](CO[C@H]4O[C@H](C)[C@@H](O)[C@@H](O)[C@@H]4O)[C@@H](O)[C@H](O)[C@@H]3O)c2)cc1. The van der Waals surface area contributed by atoms with E-state index in [0.717, 1.165) is 11.3 Å². The van der Waals surface area contributed by atoms with E-state index >= 15 is 0 Å². The van der Waals surface area contributed by atoms with E-state index in [1.807, 2.05) is 36.4 Å². The van der Waals surface area contributed by atoms with Crippen LogP contribution in [0.2, 0.25) is 0 Å². The lowest BCUT2D eigenvalue weighted by Crippen LogP contribution is -2.61. The number of ether oxygens (including phenoxy) is 6. The number of hydrogen-bond acceptors (Lipinski definition) is 12. The van der Waals surface area contributed by atoms with Crippen LogP contribution in [0.25, 0.3) is 12.2 Å². The summed E-state index contributed by atoms with van der Waals surface area (Å²) in [6.45, 7) is 1.11. The van der Waals surface area contributed by atoms with Crippen molar-refractivity contribution in [3.8, 4) is 17.2 Å². The summed E-state index contributed by atoms with van der Waals surface area (Å²) in [7, 11) is 3.09. The molecule has 0 unspecified atom stereocenters. The highest BCUT2D eigenvalue weighted by Gasteiger charge is 2.47. The van der Waals surface area contributed by atoms with Crippen molar-refractivity contribution in [2.45, 2.75) is 68.3 Å². The van der Waals surface area contributed by atoms with E-state index in [0.29, 0.717) is 11.3 Å². The van der Waals surface area contributed by atoms with Crippen LogP contribution in [0.5, 0.6) is 17.2 Å². The zero-order chi connectivity index (χ0) is 29.0. The Bertz CT molecular complexity index is 1120. The van der Waals surface area contributed by atoms with Gasteiger partial charge in [-0.3, -0.25) is 0 Å². The summed E-state index contributed by atoms with van der Waals surface area (Å²) >= 11 is 0. The average molecular weight is 565 g/mol. The van der Waals surface area contributed by atoms with E-state index in [4.69, 9.17) is 28.4 Å². The molecule has 0 aliphatic carbocycles. The van der Waals surface area contributed by atoms with E-state index < -0.39 is 68.0 Å². The van der Waals surface area contributed by atoms with Crippen molar-refractivity contribution in [3.63, 3.8) is 0 Å². The maximum atomic E-state index is 10.6. The molecule has 2 aliphatic heterocycles. The fourth-order valence-electron chi connectivity index (χ4n) is 4.41. The summed E-state index contributed by atoms with van der Waals surface area (Å²) in [6, 6.07) is 12.5. The Morgan fingerprint density at radius 3 is 1.93 bits per heavy atom. The summed E-state index contributed by atoms with van der Waals surface area (Å²) < 4.78 is 33.0. The molecule has 2 aromatic rings. The predicted molar refractivity (Wildman–Crippen MR) is 141 cm³/mol. The largest absolute Gasteiger partial charge is 0.497 e. The van der Waals surface area contributed by atoms with Crippen molar-refractivity contribution in [2.75, 3.05) is 20.8 Å². The van der Waals surface area contributed by atoms with Gasteiger partial charge in [-0.25, -0.2) is 0 Å². The first-order valence-electron chi connectivity index (χ1n) is 12.8.